The molecule has 1 aromatic rings. The topological polar surface area (TPSA) is 78.4 Å². The number of carboxylic acids is 1. The third kappa shape index (κ3) is 6.75. The molecule has 0 unspecified atom stereocenters. The molecule has 6 heteroatoms. The lowest BCUT2D eigenvalue weighted by atomic mass is 10.2. The van der Waals surface area contributed by atoms with Gasteiger partial charge >= 0.3 is 12.0 Å². The Labute approximate surface area is 119 Å². The predicted octanol–water partition coefficient (Wildman–Crippen LogP) is 1.36. The van der Waals surface area contributed by atoms with Crippen molar-refractivity contribution in [2.24, 2.45) is 0 Å². The van der Waals surface area contributed by atoms with Gasteiger partial charge in [0.2, 0.25) is 0 Å². The molecule has 0 aliphatic rings. The van der Waals surface area contributed by atoms with Gasteiger partial charge in [-0.2, -0.15) is 0 Å². The number of nitrogens with one attached hydrogen (secondary N) is 2. The van der Waals surface area contributed by atoms with Crippen LogP contribution < -0.4 is 10.6 Å². The summed E-state index contributed by atoms with van der Waals surface area (Å²) in [5.74, 6) is -0.927. The first-order chi connectivity index (χ1) is 9.26. The lowest BCUT2D eigenvalue weighted by Gasteiger charge is -2.29. The van der Waals surface area contributed by atoms with Gasteiger partial charge in [0.15, 0.2) is 0 Å². The molecule has 0 fully saturated rings. The highest BCUT2D eigenvalue weighted by atomic mass is 16.4. The Morgan fingerprint density at radius 1 is 1.20 bits per heavy atom. The highest BCUT2D eigenvalue weighted by molar-refractivity contribution is 5.89. The van der Waals surface area contributed by atoms with Gasteiger partial charge in [-0.15, -0.1) is 0 Å². The molecule has 0 aromatic heterocycles. The van der Waals surface area contributed by atoms with Crippen LogP contribution in [-0.4, -0.2) is 55.3 Å². The summed E-state index contributed by atoms with van der Waals surface area (Å²) < 4.78 is 0.573. The van der Waals surface area contributed by atoms with E-state index in [4.69, 9.17) is 5.11 Å². The van der Waals surface area contributed by atoms with Gasteiger partial charge in [0, 0.05) is 5.69 Å². The Kier molecular flexibility index (Phi) is 5.52. The van der Waals surface area contributed by atoms with Crippen molar-refractivity contribution in [3.63, 3.8) is 0 Å². The van der Waals surface area contributed by atoms with E-state index in [0.717, 1.165) is 0 Å². The van der Waals surface area contributed by atoms with Crippen LogP contribution in [0.25, 0.3) is 0 Å². The van der Waals surface area contributed by atoms with E-state index in [0.29, 0.717) is 16.7 Å². The van der Waals surface area contributed by atoms with Crippen molar-refractivity contribution >= 4 is 17.7 Å². The highest BCUT2D eigenvalue weighted by Gasteiger charge is 2.22. The molecule has 0 bridgehead atoms. The molecular weight excluding hydrogens is 258 g/mol. The number of benzene rings is 1. The summed E-state index contributed by atoms with van der Waals surface area (Å²) in [6.07, 6.45) is -0.0995. The summed E-state index contributed by atoms with van der Waals surface area (Å²) in [4.78, 5) is 22.7. The van der Waals surface area contributed by atoms with Gasteiger partial charge in [-0.3, -0.25) is 4.79 Å². The monoisotopic (exact) mass is 280 g/mol. The maximum atomic E-state index is 11.9. The quantitative estimate of drug-likeness (QED) is 0.688. The number of anilines is 1. The molecule has 0 spiro atoms. The Morgan fingerprint density at radius 3 is 2.30 bits per heavy atom. The number of para-hydroxylation sites is 1. The number of aliphatic carboxylic acids is 1. The Bertz CT molecular complexity index is 454. The van der Waals surface area contributed by atoms with Crippen LogP contribution in [0.2, 0.25) is 0 Å². The normalized spacial score (nSPS) is 12.6. The summed E-state index contributed by atoms with van der Waals surface area (Å²) in [6.45, 7) is 0.536. The number of carbonyl (C=O) groups is 2. The standard InChI is InChI=1S/C14H21N3O3/c1-17(2,3)10-12(9-13(18)19)16-14(20)15-11-7-5-4-6-8-11/h4-8,12H,9-10H2,1-3H3,(H2-,15,16,18,19,20)/p+1/t12-/m1/s1. The average Bonchev–Trinajstić information content (AvgIpc) is 2.26. The van der Waals surface area contributed by atoms with Crippen LogP contribution in [0.15, 0.2) is 30.3 Å². The average molecular weight is 280 g/mol. The van der Waals surface area contributed by atoms with Gasteiger partial charge < -0.3 is 20.2 Å². The smallest absolute Gasteiger partial charge is 0.319 e. The van der Waals surface area contributed by atoms with Crippen molar-refractivity contribution < 1.29 is 19.2 Å². The Morgan fingerprint density at radius 2 is 1.80 bits per heavy atom. The SMILES string of the molecule is C[N+](C)(C)C[C@@H](CC(=O)O)NC(=O)Nc1ccccc1. The predicted molar refractivity (Wildman–Crippen MR) is 77.5 cm³/mol. The van der Waals surface area contributed by atoms with E-state index >= 15 is 0 Å². The second-order valence-electron chi connectivity index (χ2n) is 5.73. The second-order valence-corrected chi connectivity index (χ2v) is 5.73. The summed E-state index contributed by atoms with van der Waals surface area (Å²) in [5.41, 5.74) is 0.671. The molecule has 0 saturated heterocycles. The molecule has 0 heterocycles. The van der Waals surface area contributed by atoms with Gasteiger partial charge in [0.05, 0.1) is 40.2 Å². The van der Waals surface area contributed by atoms with Gasteiger partial charge in [-0.25, -0.2) is 4.79 Å². The summed E-state index contributed by atoms with van der Waals surface area (Å²) >= 11 is 0. The fraction of sp³-hybridized carbons (Fsp3) is 0.429. The van der Waals surface area contributed by atoms with Crippen LogP contribution in [0.4, 0.5) is 10.5 Å². The molecule has 0 radical (unpaired) electrons. The number of rotatable bonds is 6. The second kappa shape index (κ2) is 6.91. The molecular formula is C14H22N3O3+. The zero-order valence-electron chi connectivity index (χ0n) is 12.1. The third-order valence-corrected chi connectivity index (χ3v) is 2.56. The van der Waals surface area contributed by atoms with E-state index in [-0.39, 0.29) is 6.42 Å². The van der Waals surface area contributed by atoms with E-state index < -0.39 is 18.0 Å². The largest absolute Gasteiger partial charge is 0.481 e. The fourth-order valence-electron chi connectivity index (χ4n) is 1.91. The van der Waals surface area contributed by atoms with Crippen LogP contribution in [0.3, 0.4) is 0 Å². The zero-order valence-corrected chi connectivity index (χ0v) is 12.1. The molecule has 2 amide bonds. The minimum absolute atomic E-state index is 0.0995. The fourth-order valence-corrected chi connectivity index (χ4v) is 1.91. The number of amides is 2. The zero-order chi connectivity index (χ0) is 15.2. The highest BCUT2D eigenvalue weighted by Crippen LogP contribution is 2.05. The number of hydrogen-bond acceptors (Lipinski definition) is 2. The van der Waals surface area contributed by atoms with Crippen molar-refractivity contribution in [3.8, 4) is 0 Å². The summed E-state index contributed by atoms with van der Waals surface area (Å²) in [5, 5.41) is 14.3. The van der Waals surface area contributed by atoms with E-state index in [1.165, 1.54) is 0 Å². The number of nitrogens with zero attached hydrogens (tertiary/aromatic N) is 1. The lowest BCUT2D eigenvalue weighted by Crippen LogP contribution is -2.50. The van der Waals surface area contributed by atoms with Crippen LogP contribution >= 0.6 is 0 Å². The molecule has 0 aliphatic carbocycles. The number of urea groups is 1. The third-order valence-electron chi connectivity index (χ3n) is 2.56. The van der Waals surface area contributed by atoms with E-state index in [1.54, 1.807) is 12.1 Å². The number of carbonyl (C=O) groups excluding carboxylic acids is 1. The van der Waals surface area contributed by atoms with Gasteiger partial charge in [0.1, 0.15) is 0 Å². The number of hydrogen-bond donors (Lipinski definition) is 3. The van der Waals surface area contributed by atoms with Crippen molar-refractivity contribution in [2.45, 2.75) is 12.5 Å². The summed E-state index contributed by atoms with van der Waals surface area (Å²) in [6, 6.07) is 8.21. The van der Waals surface area contributed by atoms with Crippen LogP contribution in [0.5, 0.6) is 0 Å². The number of carboxylic acid groups (broad SMARTS) is 1. The van der Waals surface area contributed by atoms with Gasteiger partial charge in [0.25, 0.3) is 0 Å². The summed E-state index contributed by atoms with van der Waals surface area (Å²) in [7, 11) is 5.85. The van der Waals surface area contributed by atoms with Crippen LogP contribution in [0, 0.1) is 0 Å². The minimum atomic E-state index is -0.927. The molecule has 110 valence electrons. The van der Waals surface area contributed by atoms with Gasteiger partial charge in [-0.1, -0.05) is 18.2 Å². The molecule has 3 N–H and O–H groups in total. The van der Waals surface area contributed by atoms with Crippen LogP contribution in [-0.2, 0) is 4.79 Å². The molecule has 6 nitrogen and oxygen atoms in total. The first-order valence-corrected chi connectivity index (χ1v) is 6.41. The van der Waals surface area contributed by atoms with E-state index in [2.05, 4.69) is 10.6 Å². The number of likely N-dealkylation sites (N-methyl/N-ethyl adjacent to an activating group) is 1. The van der Waals surface area contributed by atoms with Crippen molar-refractivity contribution in [1.29, 1.82) is 0 Å². The van der Waals surface area contributed by atoms with Crippen molar-refractivity contribution in [3.05, 3.63) is 30.3 Å². The minimum Gasteiger partial charge on any atom is -0.481 e. The molecule has 0 saturated carbocycles. The Balaban J connectivity index is 2.59. The Hall–Kier alpha value is -2.08. The van der Waals surface area contributed by atoms with Gasteiger partial charge in [-0.05, 0) is 12.1 Å². The molecule has 1 atom stereocenters. The van der Waals surface area contributed by atoms with E-state index in [9.17, 15) is 9.59 Å². The van der Waals surface area contributed by atoms with Crippen molar-refractivity contribution in [1.82, 2.24) is 5.32 Å². The first kappa shape index (κ1) is 16.0. The maximum absolute atomic E-state index is 11.9. The molecule has 0 aliphatic heterocycles. The number of quaternary nitrogens is 1. The molecule has 1 rings (SSSR count). The molecule has 20 heavy (non-hydrogen) atoms. The first-order valence-electron chi connectivity index (χ1n) is 6.41. The lowest BCUT2D eigenvalue weighted by molar-refractivity contribution is -0.871. The molecule has 1 aromatic carbocycles. The maximum Gasteiger partial charge on any atom is 0.319 e. The van der Waals surface area contributed by atoms with Crippen LogP contribution in [0.1, 0.15) is 6.42 Å². The van der Waals surface area contributed by atoms with Crippen molar-refractivity contribution in [2.75, 3.05) is 33.0 Å². The van der Waals surface area contributed by atoms with E-state index in [1.807, 2.05) is 39.3 Å².